The van der Waals surface area contributed by atoms with Crippen molar-refractivity contribution >= 4 is 17.3 Å². The van der Waals surface area contributed by atoms with E-state index in [4.69, 9.17) is 10.5 Å². The van der Waals surface area contributed by atoms with Crippen LogP contribution in [0, 0.1) is 0 Å². The van der Waals surface area contributed by atoms with Crippen LogP contribution in [-0.2, 0) is 10.9 Å². The van der Waals surface area contributed by atoms with Crippen LogP contribution in [-0.4, -0.2) is 51.3 Å². The molecule has 0 spiro atoms. The van der Waals surface area contributed by atoms with Crippen molar-refractivity contribution in [1.29, 1.82) is 0 Å². The Morgan fingerprint density at radius 2 is 1.91 bits per heavy atom. The fourth-order valence-corrected chi connectivity index (χ4v) is 2.08. The van der Waals surface area contributed by atoms with Gasteiger partial charge in [0.25, 0.3) is 0 Å². The number of guanidine groups is 1. The van der Waals surface area contributed by atoms with Gasteiger partial charge in [0, 0.05) is 27.2 Å². The highest BCUT2D eigenvalue weighted by molar-refractivity contribution is 5.83. The number of rotatable bonds is 2. The number of morpholine rings is 1. The van der Waals surface area contributed by atoms with Crippen LogP contribution in [0.25, 0.3) is 0 Å². The fraction of sp³-hybridized carbons (Fsp3) is 0.500. The van der Waals surface area contributed by atoms with E-state index in [-0.39, 0.29) is 11.6 Å². The molecule has 0 aliphatic carbocycles. The van der Waals surface area contributed by atoms with Crippen LogP contribution >= 0.6 is 0 Å². The number of ether oxygens (including phenoxy) is 1. The maximum atomic E-state index is 12.9. The minimum Gasteiger partial charge on any atom is -0.378 e. The largest absolute Gasteiger partial charge is 0.416 e. The zero-order valence-corrected chi connectivity index (χ0v) is 12.5. The number of nitrogens with zero attached hydrogens (tertiary/aromatic N) is 3. The average Bonchev–Trinajstić information content (AvgIpc) is 2.47. The molecule has 0 unspecified atom stereocenters. The maximum Gasteiger partial charge on any atom is 0.416 e. The third-order valence-electron chi connectivity index (χ3n) is 3.35. The summed E-state index contributed by atoms with van der Waals surface area (Å²) in [5, 5.41) is 0. The number of halogens is 3. The van der Waals surface area contributed by atoms with Crippen molar-refractivity contribution in [3.05, 3.63) is 23.8 Å². The molecule has 1 aromatic carbocycles. The summed E-state index contributed by atoms with van der Waals surface area (Å²) in [5.41, 5.74) is 5.85. The van der Waals surface area contributed by atoms with E-state index in [1.165, 1.54) is 6.07 Å². The van der Waals surface area contributed by atoms with E-state index in [0.717, 1.165) is 12.1 Å². The minimum atomic E-state index is -4.42. The molecule has 1 aromatic rings. The molecule has 22 heavy (non-hydrogen) atoms. The van der Waals surface area contributed by atoms with Crippen LogP contribution in [0.4, 0.5) is 24.5 Å². The Bertz CT molecular complexity index is 552. The van der Waals surface area contributed by atoms with Gasteiger partial charge in [0.2, 0.25) is 0 Å². The van der Waals surface area contributed by atoms with Crippen LogP contribution in [0.3, 0.4) is 0 Å². The Morgan fingerprint density at radius 3 is 2.45 bits per heavy atom. The first kappa shape index (κ1) is 16.4. The third-order valence-corrected chi connectivity index (χ3v) is 3.35. The van der Waals surface area contributed by atoms with Crippen LogP contribution in [0.15, 0.2) is 23.2 Å². The monoisotopic (exact) mass is 316 g/mol. The van der Waals surface area contributed by atoms with Gasteiger partial charge < -0.3 is 20.3 Å². The number of benzene rings is 1. The van der Waals surface area contributed by atoms with Crippen LogP contribution in [0.1, 0.15) is 5.56 Å². The predicted molar refractivity (Wildman–Crippen MR) is 79.4 cm³/mol. The van der Waals surface area contributed by atoms with E-state index < -0.39 is 11.7 Å². The molecule has 8 heteroatoms. The summed E-state index contributed by atoms with van der Waals surface area (Å²) in [6.07, 6.45) is -4.42. The Balaban J connectivity index is 2.45. The van der Waals surface area contributed by atoms with Gasteiger partial charge in [-0.15, -0.1) is 0 Å². The second-order valence-corrected chi connectivity index (χ2v) is 5.17. The fourth-order valence-electron chi connectivity index (χ4n) is 2.08. The van der Waals surface area contributed by atoms with E-state index in [2.05, 4.69) is 4.99 Å². The van der Waals surface area contributed by atoms with Crippen molar-refractivity contribution < 1.29 is 17.9 Å². The van der Waals surface area contributed by atoms with E-state index in [9.17, 15) is 13.2 Å². The molecule has 1 heterocycles. The van der Waals surface area contributed by atoms with Crippen molar-refractivity contribution in [2.75, 3.05) is 45.3 Å². The van der Waals surface area contributed by atoms with E-state index >= 15 is 0 Å². The molecule has 0 amide bonds. The molecule has 0 radical (unpaired) electrons. The lowest BCUT2D eigenvalue weighted by molar-refractivity contribution is -0.137. The molecule has 0 aromatic heterocycles. The number of anilines is 1. The molecule has 122 valence electrons. The lowest BCUT2D eigenvalue weighted by Gasteiger charge is -2.30. The zero-order chi connectivity index (χ0) is 16.3. The average molecular weight is 316 g/mol. The van der Waals surface area contributed by atoms with Crippen LogP contribution in [0.5, 0.6) is 0 Å². The first-order valence-electron chi connectivity index (χ1n) is 6.84. The normalized spacial score (nSPS) is 16.8. The molecule has 2 rings (SSSR count). The molecule has 1 fully saturated rings. The van der Waals surface area contributed by atoms with E-state index in [1.54, 1.807) is 19.0 Å². The van der Waals surface area contributed by atoms with Gasteiger partial charge in [0.15, 0.2) is 5.96 Å². The Hall–Kier alpha value is -1.96. The molecule has 1 aliphatic rings. The van der Waals surface area contributed by atoms with Gasteiger partial charge in [0.05, 0.1) is 30.2 Å². The Labute approximate surface area is 127 Å². The van der Waals surface area contributed by atoms with Gasteiger partial charge in [-0.1, -0.05) is 0 Å². The van der Waals surface area contributed by atoms with Gasteiger partial charge in [-0.05, 0) is 18.2 Å². The number of hydrogen-bond donors (Lipinski definition) is 1. The summed E-state index contributed by atoms with van der Waals surface area (Å²) < 4.78 is 44.0. The Kier molecular flexibility index (Phi) is 4.80. The summed E-state index contributed by atoms with van der Waals surface area (Å²) >= 11 is 0. The van der Waals surface area contributed by atoms with Crippen LogP contribution < -0.4 is 10.6 Å². The van der Waals surface area contributed by atoms with Gasteiger partial charge in [-0.25, -0.2) is 4.99 Å². The number of alkyl halides is 3. The zero-order valence-electron chi connectivity index (χ0n) is 12.5. The van der Waals surface area contributed by atoms with Crippen molar-refractivity contribution in [3.8, 4) is 0 Å². The summed E-state index contributed by atoms with van der Waals surface area (Å²) in [4.78, 5) is 7.64. The van der Waals surface area contributed by atoms with E-state index in [0.29, 0.717) is 32.0 Å². The topological polar surface area (TPSA) is 54.1 Å². The van der Waals surface area contributed by atoms with Gasteiger partial charge >= 0.3 is 6.18 Å². The number of aliphatic imine (C=N–C) groups is 1. The standard InChI is InChI=1S/C14H19F3N4O/c1-20(2)13(18)19-11-9-10(14(15,16)17)3-4-12(11)21-5-7-22-8-6-21/h3-4,9H,5-8H2,1-2H3,(H2,18,19). The summed E-state index contributed by atoms with van der Waals surface area (Å²) in [6, 6.07) is 3.53. The van der Waals surface area contributed by atoms with Gasteiger partial charge in [-0.3, -0.25) is 0 Å². The van der Waals surface area contributed by atoms with E-state index in [1.807, 2.05) is 4.90 Å². The summed E-state index contributed by atoms with van der Waals surface area (Å²) in [6.45, 7) is 2.28. The summed E-state index contributed by atoms with van der Waals surface area (Å²) in [5.74, 6) is 0.147. The quantitative estimate of drug-likeness (QED) is 0.670. The first-order chi connectivity index (χ1) is 10.3. The van der Waals surface area contributed by atoms with Crippen molar-refractivity contribution in [2.45, 2.75) is 6.18 Å². The Morgan fingerprint density at radius 1 is 1.27 bits per heavy atom. The maximum absolute atomic E-state index is 12.9. The second kappa shape index (κ2) is 6.43. The molecule has 0 bridgehead atoms. The van der Waals surface area contributed by atoms with Gasteiger partial charge in [-0.2, -0.15) is 13.2 Å². The third kappa shape index (κ3) is 3.82. The highest BCUT2D eigenvalue weighted by atomic mass is 19.4. The minimum absolute atomic E-state index is 0.147. The lowest BCUT2D eigenvalue weighted by atomic mass is 10.1. The molecular formula is C14H19F3N4O. The first-order valence-corrected chi connectivity index (χ1v) is 6.84. The number of nitrogens with two attached hydrogens (primary N) is 1. The molecular weight excluding hydrogens is 297 g/mol. The summed E-state index contributed by atoms with van der Waals surface area (Å²) in [7, 11) is 3.36. The molecule has 0 saturated carbocycles. The highest BCUT2D eigenvalue weighted by Gasteiger charge is 2.31. The van der Waals surface area contributed by atoms with Gasteiger partial charge in [0.1, 0.15) is 0 Å². The van der Waals surface area contributed by atoms with Crippen molar-refractivity contribution in [3.63, 3.8) is 0 Å². The molecule has 2 N–H and O–H groups in total. The lowest BCUT2D eigenvalue weighted by Crippen LogP contribution is -2.36. The SMILES string of the molecule is CN(C)C(N)=Nc1cc(C(F)(F)F)ccc1N1CCOCC1. The molecule has 0 atom stereocenters. The number of hydrogen-bond acceptors (Lipinski definition) is 3. The van der Waals surface area contributed by atoms with Crippen LogP contribution in [0.2, 0.25) is 0 Å². The van der Waals surface area contributed by atoms with Crippen molar-refractivity contribution in [1.82, 2.24) is 4.90 Å². The van der Waals surface area contributed by atoms with Crippen molar-refractivity contribution in [2.24, 2.45) is 10.7 Å². The molecule has 1 saturated heterocycles. The molecule has 5 nitrogen and oxygen atoms in total. The smallest absolute Gasteiger partial charge is 0.378 e. The second-order valence-electron chi connectivity index (χ2n) is 5.17. The molecule has 1 aliphatic heterocycles. The predicted octanol–water partition coefficient (Wildman–Crippen LogP) is 2.05. The highest BCUT2D eigenvalue weighted by Crippen LogP contribution is 2.37.